The second-order valence-electron chi connectivity index (χ2n) is 4.35. The van der Waals surface area contributed by atoms with Crippen LogP contribution in [0.5, 0.6) is 0 Å². The van der Waals surface area contributed by atoms with Crippen molar-refractivity contribution in [2.24, 2.45) is 11.8 Å². The van der Waals surface area contributed by atoms with Crippen LogP contribution >= 0.6 is 0 Å². The van der Waals surface area contributed by atoms with Gasteiger partial charge < -0.3 is 5.11 Å². The highest BCUT2D eigenvalue weighted by Gasteiger charge is 2.32. The van der Waals surface area contributed by atoms with E-state index in [-0.39, 0.29) is 0 Å². The van der Waals surface area contributed by atoms with Gasteiger partial charge in [0, 0.05) is 5.92 Å². The van der Waals surface area contributed by atoms with Crippen molar-refractivity contribution >= 4 is 0 Å². The molecule has 0 amide bonds. The van der Waals surface area contributed by atoms with Gasteiger partial charge in [0.1, 0.15) is 5.72 Å². The normalized spacial score (nSPS) is 36.0. The second kappa shape index (κ2) is 3.75. The summed E-state index contributed by atoms with van der Waals surface area (Å²) in [6.45, 7) is 4.18. The van der Waals surface area contributed by atoms with Crippen molar-refractivity contribution in [3.05, 3.63) is 0 Å². The van der Waals surface area contributed by atoms with E-state index in [1.807, 2.05) is 14.0 Å². The van der Waals surface area contributed by atoms with E-state index in [0.717, 1.165) is 18.8 Å². The van der Waals surface area contributed by atoms with Gasteiger partial charge in [-0.2, -0.15) is 0 Å². The molecule has 1 rings (SSSR count). The first-order chi connectivity index (χ1) is 5.56. The van der Waals surface area contributed by atoms with Crippen molar-refractivity contribution in [1.82, 2.24) is 5.32 Å². The molecular formula is C10H21NO. The maximum Gasteiger partial charge on any atom is 0.115 e. The molecule has 12 heavy (non-hydrogen) atoms. The van der Waals surface area contributed by atoms with E-state index in [4.69, 9.17) is 0 Å². The smallest absolute Gasteiger partial charge is 0.115 e. The highest BCUT2D eigenvalue weighted by molar-refractivity contribution is 4.82. The molecule has 0 spiro atoms. The minimum Gasteiger partial charge on any atom is -0.376 e. The van der Waals surface area contributed by atoms with E-state index in [2.05, 4.69) is 12.2 Å². The molecule has 0 saturated heterocycles. The van der Waals surface area contributed by atoms with E-state index in [9.17, 15) is 5.11 Å². The van der Waals surface area contributed by atoms with Gasteiger partial charge in [0.05, 0.1) is 0 Å². The zero-order valence-corrected chi connectivity index (χ0v) is 8.43. The van der Waals surface area contributed by atoms with Gasteiger partial charge in [0.2, 0.25) is 0 Å². The summed E-state index contributed by atoms with van der Waals surface area (Å²) in [5.74, 6) is 1.30. The number of rotatable bonds is 2. The first kappa shape index (κ1) is 10.0. The lowest BCUT2D eigenvalue weighted by atomic mass is 9.78. The zero-order valence-electron chi connectivity index (χ0n) is 8.43. The van der Waals surface area contributed by atoms with Crippen LogP contribution in [0, 0.1) is 11.8 Å². The monoisotopic (exact) mass is 171 g/mol. The molecule has 0 aromatic carbocycles. The molecule has 1 fully saturated rings. The fraction of sp³-hybridized carbons (Fsp3) is 1.00. The average Bonchev–Trinajstić information content (AvgIpc) is 2.05. The molecule has 1 unspecified atom stereocenters. The van der Waals surface area contributed by atoms with Crippen LogP contribution in [-0.4, -0.2) is 17.9 Å². The molecule has 72 valence electrons. The lowest BCUT2D eigenvalue weighted by Crippen LogP contribution is -2.47. The molecule has 1 saturated carbocycles. The molecule has 1 atom stereocenters. The quantitative estimate of drug-likeness (QED) is 0.620. The van der Waals surface area contributed by atoms with Crippen LogP contribution in [0.25, 0.3) is 0 Å². The van der Waals surface area contributed by atoms with Crippen LogP contribution in [0.15, 0.2) is 0 Å². The van der Waals surface area contributed by atoms with Crippen molar-refractivity contribution in [2.75, 3.05) is 7.05 Å². The molecule has 0 bridgehead atoms. The Hall–Kier alpha value is -0.0800. The summed E-state index contributed by atoms with van der Waals surface area (Å²) in [6, 6.07) is 0. The third kappa shape index (κ3) is 2.20. The molecule has 2 N–H and O–H groups in total. The summed E-state index contributed by atoms with van der Waals surface area (Å²) < 4.78 is 0. The van der Waals surface area contributed by atoms with Crippen molar-refractivity contribution in [2.45, 2.75) is 45.3 Å². The Labute approximate surface area is 75.4 Å². The Kier molecular flexibility index (Phi) is 3.13. The van der Waals surface area contributed by atoms with Gasteiger partial charge in [-0.3, -0.25) is 5.32 Å². The largest absolute Gasteiger partial charge is 0.376 e. The van der Waals surface area contributed by atoms with E-state index in [1.54, 1.807) is 0 Å². The number of hydrogen-bond acceptors (Lipinski definition) is 2. The van der Waals surface area contributed by atoms with Crippen LogP contribution in [0.3, 0.4) is 0 Å². The van der Waals surface area contributed by atoms with Crippen LogP contribution in [0.2, 0.25) is 0 Å². The van der Waals surface area contributed by atoms with Crippen LogP contribution in [-0.2, 0) is 0 Å². The minimum absolute atomic E-state index is 0.443. The lowest BCUT2D eigenvalue weighted by molar-refractivity contribution is -0.0441. The highest BCUT2D eigenvalue weighted by Crippen LogP contribution is 2.33. The Morgan fingerprint density at radius 2 is 1.75 bits per heavy atom. The van der Waals surface area contributed by atoms with Crippen molar-refractivity contribution in [3.63, 3.8) is 0 Å². The van der Waals surface area contributed by atoms with Crippen LogP contribution in [0.1, 0.15) is 39.5 Å². The second-order valence-corrected chi connectivity index (χ2v) is 4.35. The Bertz CT molecular complexity index is 137. The first-order valence-corrected chi connectivity index (χ1v) is 4.97. The Balaban J connectivity index is 2.44. The molecule has 0 aromatic heterocycles. The van der Waals surface area contributed by atoms with Crippen LogP contribution in [0.4, 0.5) is 0 Å². The Morgan fingerprint density at radius 1 is 1.25 bits per heavy atom. The summed E-state index contributed by atoms with van der Waals surface area (Å²) in [7, 11) is 1.83. The summed E-state index contributed by atoms with van der Waals surface area (Å²) >= 11 is 0. The first-order valence-electron chi connectivity index (χ1n) is 4.97. The summed E-state index contributed by atoms with van der Waals surface area (Å²) in [5.41, 5.74) is -0.653. The topological polar surface area (TPSA) is 32.3 Å². The fourth-order valence-electron chi connectivity index (χ4n) is 2.03. The molecule has 1 aliphatic carbocycles. The van der Waals surface area contributed by atoms with E-state index in [1.165, 1.54) is 12.8 Å². The number of nitrogens with one attached hydrogen (secondary N) is 1. The van der Waals surface area contributed by atoms with Gasteiger partial charge in [-0.25, -0.2) is 0 Å². The third-order valence-corrected chi connectivity index (χ3v) is 3.32. The van der Waals surface area contributed by atoms with Crippen molar-refractivity contribution < 1.29 is 5.11 Å². The van der Waals surface area contributed by atoms with Gasteiger partial charge in [-0.15, -0.1) is 0 Å². The van der Waals surface area contributed by atoms with Crippen molar-refractivity contribution in [3.8, 4) is 0 Å². The third-order valence-electron chi connectivity index (χ3n) is 3.32. The molecular weight excluding hydrogens is 150 g/mol. The Morgan fingerprint density at radius 3 is 2.17 bits per heavy atom. The van der Waals surface area contributed by atoms with Crippen LogP contribution < -0.4 is 5.32 Å². The molecule has 0 aromatic rings. The fourth-order valence-corrected chi connectivity index (χ4v) is 2.03. The SMILES string of the molecule is CNC(C)(O)C1CCC(C)CC1. The van der Waals surface area contributed by atoms with E-state index < -0.39 is 5.72 Å². The maximum atomic E-state index is 9.92. The molecule has 0 heterocycles. The number of hydrogen-bond donors (Lipinski definition) is 2. The van der Waals surface area contributed by atoms with E-state index in [0.29, 0.717) is 5.92 Å². The standard InChI is InChI=1S/C10H21NO/c1-8-4-6-9(7-5-8)10(2,12)11-3/h8-9,11-12H,4-7H2,1-3H3. The molecule has 1 aliphatic rings. The lowest BCUT2D eigenvalue weighted by Gasteiger charge is -2.37. The molecule has 0 radical (unpaired) electrons. The van der Waals surface area contributed by atoms with Gasteiger partial charge in [0.15, 0.2) is 0 Å². The predicted molar refractivity (Wildman–Crippen MR) is 50.8 cm³/mol. The van der Waals surface area contributed by atoms with Gasteiger partial charge in [0.25, 0.3) is 0 Å². The van der Waals surface area contributed by atoms with Gasteiger partial charge in [-0.05, 0) is 32.7 Å². The molecule has 0 aliphatic heterocycles. The summed E-state index contributed by atoms with van der Waals surface area (Å²) in [4.78, 5) is 0. The predicted octanol–water partition coefficient (Wildman–Crippen LogP) is 1.74. The summed E-state index contributed by atoms with van der Waals surface area (Å²) in [5, 5.41) is 12.9. The zero-order chi connectivity index (χ0) is 9.19. The van der Waals surface area contributed by atoms with E-state index >= 15 is 0 Å². The van der Waals surface area contributed by atoms with Crippen molar-refractivity contribution in [1.29, 1.82) is 0 Å². The minimum atomic E-state index is -0.653. The van der Waals surface area contributed by atoms with Gasteiger partial charge >= 0.3 is 0 Å². The summed E-state index contributed by atoms with van der Waals surface area (Å²) in [6.07, 6.45) is 4.86. The number of aliphatic hydroxyl groups is 1. The van der Waals surface area contributed by atoms with Gasteiger partial charge in [-0.1, -0.05) is 19.8 Å². The average molecular weight is 171 g/mol. The molecule has 2 nitrogen and oxygen atoms in total. The highest BCUT2D eigenvalue weighted by atomic mass is 16.3. The molecule has 2 heteroatoms. The maximum absolute atomic E-state index is 9.92.